The molecule has 0 saturated carbocycles. The lowest BCUT2D eigenvalue weighted by Crippen LogP contribution is -2.51. The summed E-state index contributed by atoms with van der Waals surface area (Å²) >= 11 is 0. The molecule has 1 atom stereocenters. The average Bonchev–Trinajstić information content (AvgIpc) is 2.17. The fourth-order valence-electron chi connectivity index (χ4n) is 2.35. The number of rotatable bonds is 3. The fraction of sp³-hybridized carbons (Fsp3) is 0.818. The maximum absolute atomic E-state index is 5.84. The van der Waals surface area contributed by atoms with Gasteiger partial charge in [-0.15, -0.1) is 0 Å². The Morgan fingerprint density at radius 3 is 2.62 bits per heavy atom. The maximum Gasteiger partial charge on any atom is 0.0735 e. The summed E-state index contributed by atoms with van der Waals surface area (Å²) in [6.45, 7) is 10.4. The van der Waals surface area contributed by atoms with E-state index in [-0.39, 0.29) is 0 Å². The smallest absolute Gasteiger partial charge is 0.0735 e. The molecule has 2 nitrogen and oxygen atoms in total. The first kappa shape index (κ1) is 9.22. The van der Waals surface area contributed by atoms with Crippen LogP contribution in [0.15, 0.2) is 12.2 Å². The summed E-state index contributed by atoms with van der Waals surface area (Å²) < 4.78 is 5.84. The molecule has 0 aliphatic carbocycles. The predicted molar refractivity (Wildman–Crippen MR) is 53.7 cm³/mol. The van der Waals surface area contributed by atoms with E-state index in [1.165, 1.54) is 25.9 Å². The zero-order chi connectivity index (χ0) is 9.26. The van der Waals surface area contributed by atoms with E-state index >= 15 is 0 Å². The molecule has 3 fully saturated rings. The van der Waals surface area contributed by atoms with Crippen LogP contribution in [-0.4, -0.2) is 37.2 Å². The average molecular weight is 181 g/mol. The van der Waals surface area contributed by atoms with Crippen molar-refractivity contribution in [1.82, 2.24) is 4.90 Å². The second-order valence-corrected chi connectivity index (χ2v) is 4.44. The largest absolute Gasteiger partial charge is 0.372 e. The van der Waals surface area contributed by atoms with E-state index in [1.54, 1.807) is 0 Å². The van der Waals surface area contributed by atoms with Crippen molar-refractivity contribution < 1.29 is 4.74 Å². The molecule has 3 aliphatic rings. The van der Waals surface area contributed by atoms with E-state index in [0.29, 0.717) is 6.10 Å². The third-order valence-electron chi connectivity index (χ3n) is 3.14. The van der Waals surface area contributed by atoms with Crippen LogP contribution in [0.4, 0.5) is 0 Å². The summed E-state index contributed by atoms with van der Waals surface area (Å²) in [6, 6.07) is 0. The van der Waals surface area contributed by atoms with Crippen LogP contribution < -0.4 is 0 Å². The minimum atomic E-state index is 0.485. The van der Waals surface area contributed by atoms with Gasteiger partial charge < -0.3 is 9.64 Å². The lowest BCUT2D eigenvalue weighted by molar-refractivity contribution is -0.0621. The minimum absolute atomic E-state index is 0.485. The van der Waals surface area contributed by atoms with Crippen LogP contribution in [0, 0.1) is 5.92 Å². The zero-order valence-corrected chi connectivity index (χ0v) is 8.46. The van der Waals surface area contributed by atoms with E-state index in [0.717, 1.165) is 24.6 Å². The van der Waals surface area contributed by atoms with Crippen LogP contribution in [0.1, 0.15) is 19.8 Å². The Hall–Kier alpha value is -0.340. The van der Waals surface area contributed by atoms with Gasteiger partial charge >= 0.3 is 0 Å². The topological polar surface area (TPSA) is 12.5 Å². The van der Waals surface area contributed by atoms with Gasteiger partial charge in [-0.3, -0.25) is 0 Å². The third kappa shape index (κ3) is 2.12. The number of fused-ring (bicyclic) bond motifs is 3. The number of piperidine rings is 3. The SMILES string of the molecule is C=C(C)CO[C@H]1CN2CCC1CC2. The molecule has 3 aliphatic heterocycles. The van der Waals surface area contributed by atoms with Crippen molar-refractivity contribution in [3.63, 3.8) is 0 Å². The van der Waals surface area contributed by atoms with E-state index in [2.05, 4.69) is 11.5 Å². The van der Waals surface area contributed by atoms with Gasteiger partial charge in [0.05, 0.1) is 12.7 Å². The standard InChI is InChI=1S/C11H19NO/c1-9(2)8-13-11-7-12-5-3-10(11)4-6-12/h10-11H,1,3-8H2,2H3/t11-/m0/s1. The van der Waals surface area contributed by atoms with Crippen LogP contribution in [0.2, 0.25) is 0 Å². The highest BCUT2D eigenvalue weighted by Gasteiger charge is 2.34. The molecule has 0 N–H and O–H groups in total. The second kappa shape index (κ2) is 3.81. The normalized spacial score (nSPS) is 37.8. The molecule has 0 spiro atoms. The molecule has 74 valence electrons. The van der Waals surface area contributed by atoms with E-state index in [9.17, 15) is 0 Å². The van der Waals surface area contributed by atoms with Gasteiger partial charge in [0.2, 0.25) is 0 Å². The quantitative estimate of drug-likeness (QED) is 0.614. The Bertz CT molecular complexity index is 194. The van der Waals surface area contributed by atoms with Gasteiger partial charge in [-0.1, -0.05) is 12.2 Å². The maximum atomic E-state index is 5.84. The van der Waals surface area contributed by atoms with Crippen molar-refractivity contribution in [1.29, 1.82) is 0 Å². The summed E-state index contributed by atoms with van der Waals surface area (Å²) in [5.41, 5.74) is 1.14. The van der Waals surface area contributed by atoms with Crippen LogP contribution >= 0.6 is 0 Å². The number of hydrogen-bond donors (Lipinski definition) is 0. The van der Waals surface area contributed by atoms with Gasteiger partial charge in [-0.25, -0.2) is 0 Å². The van der Waals surface area contributed by atoms with Crippen molar-refractivity contribution in [2.45, 2.75) is 25.9 Å². The molecule has 3 heterocycles. The van der Waals surface area contributed by atoms with Gasteiger partial charge in [0.15, 0.2) is 0 Å². The Labute approximate surface area is 80.6 Å². The molecule has 3 rings (SSSR count). The van der Waals surface area contributed by atoms with Crippen LogP contribution in [-0.2, 0) is 4.74 Å². The summed E-state index contributed by atoms with van der Waals surface area (Å²) in [7, 11) is 0. The van der Waals surface area contributed by atoms with Gasteiger partial charge in [0.25, 0.3) is 0 Å². The molecule has 0 unspecified atom stereocenters. The molecule has 0 aromatic carbocycles. The number of hydrogen-bond acceptors (Lipinski definition) is 2. The number of nitrogens with zero attached hydrogens (tertiary/aromatic N) is 1. The second-order valence-electron chi connectivity index (χ2n) is 4.44. The molecule has 0 amide bonds. The van der Waals surface area contributed by atoms with Crippen LogP contribution in [0.3, 0.4) is 0 Å². The Balaban J connectivity index is 1.83. The fourth-order valence-corrected chi connectivity index (χ4v) is 2.35. The summed E-state index contributed by atoms with van der Waals surface area (Å²) in [4.78, 5) is 2.52. The molecule has 13 heavy (non-hydrogen) atoms. The molecule has 0 radical (unpaired) electrons. The first-order chi connectivity index (χ1) is 6.25. The van der Waals surface area contributed by atoms with Crippen molar-refractivity contribution in [3.05, 3.63) is 12.2 Å². The molecular formula is C11H19NO. The Morgan fingerprint density at radius 1 is 1.46 bits per heavy atom. The van der Waals surface area contributed by atoms with E-state index in [4.69, 9.17) is 4.74 Å². The zero-order valence-electron chi connectivity index (χ0n) is 8.46. The van der Waals surface area contributed by atoms with Crippen LogP contribution in [0.25, 0.3) is 0 Å². The summed E-state index contributed by atoms with van der Waals surface area (Å²) in [5.74, 6) is 0.823. The summed E-state index contributed by atoms with van der Waals surface area (Å²) in [5, 5.41) is 0. The highest BCUT2D eigenvalue weighted by atomic mass is 16.5. The van der Waals surface area contributed by atoms with E-state index < -0.39 is 0 Å². The van der Waals surface area contributed by atoms with Gasteiger partial charge in [-0.05, 0) is 38.8 Å². The van der Waals surface area contributed by atoms with Gasteiger partial charge in [0, 0.05) is 6.54 Å². The van der Waals surface area contributed by atoms with Crippen molar-refractivity contribution in [2.24, 2.45) is 5.92 Å². The Kier molecular flexibility index (Phi) is 2.70. The monoisotopic (exact) mass is 181 g/mol. The number of ether oxygens (including phenoxy) is 1. The van der Waals surface area contributed by atoms with Gasteiger partial charge in [0.1, 0.15) is 0 Å². The third-order valence-corrected chi connectivity index (χ3v) is 3.14. The summed E-state index contributed by atoms with van der Waals surface area (Å²) in [6.07, 6.45) is 3.15. The molecule has 2 heteroatoms. The van der Waals surface area contributed by atoms with Crippen LogP contribution in [0.5, 0.6) is 0 Å². The lowest BCUT2D eigenvalue weighted by atomic mass is 9.86. The molecule has 0 aromatic rings. The van der Waals surface area contributed by atoms with E-state index in [1.807, 2.05) is 6.92 Å². The molecular weight excluding hydrogens is 162 g/mol. The Morgan fingerprint density at radius 2 is 2.15 bits per heavy atom. The lowest BCUT2D eigenvalue weighted by Gasteiger charge is -2.44. The highest BCUT2D eigenvalue weighted by molar-refractivity contribution is 4.91. The van der Waals surface area contributed by atoms with Gasteiger partial charge in [-0.2, -0.15) is 0 Å². The first-order valence-corrected chi connectivity index (χ1v) is 5.24. The predicted octanol–water partition coefficient (Wildman–Crippen LogP) is 1.67. The van der Waals surface area contributed by atoms with Crippen molar-refractivity contribution >= 4 is 0 Å². The minimum Gasteiger partial charge on any atom is -0.372 e. The van der Waals surface area contributed by atoms with Crippen molar-refractivity contribution in [3.8, 4) is 0 Å². The highest BCUT2D eigenvalue weighted by Crippen LogP contribution is 2.29. The molecule has 2 bridgehead atoms. The first-order valence-electron chi connectivity index (χ1n) is 5.24. The molecule has 0 aromatic heterocycles. The molecule has 3 saturated heterocycles. The van der Waals surface area contributed by atoms with Crippen molar-refractivity contribution in [2.75, 3.05) is 26.2 Å².